The van der Waals surface area contributed by atoms with Gasteiger partial charge in [-0.3, -0.25) is 0 Å². The van der Waals surface area contributed by atoms with Crippen LogP contribution in [-0.2, 0) is 33.3 Å². The number of hydrogen-bond acceptors (Lipinski definition) is 26. The van der Waals surface area contributed by atoms with Crippen LogP contribution in [0.3, 0.4) is 0 Å². The maximum absolute atomic E-state index is 14.1. The summed E-state index contributed by atoms with van der Waals surface area (Å²) in [6.45, 7) is -4.64. The standard InChI is InChI=1S/C26H43NO26/c27-22(21(44)45,23(46)16(39)7(31)4(30)3-49-23)26(24(47)17(40)12(36)8(32)5(1-28)51-24,25(48)18(41)13(37)9(33)6(2-29)52-25)53-20(43)15-11(35)10(34)14(38)19(42)50-15/h4-19,28-42,46-48H,1-3,27H2,(H,44,45)/t4-,5?,6?,7+,8?,9?,10?,11?,12?,13?,14?,15?,16-,17?,18?,19?,22?,23?,24?,25?,26?/m1/s1. The molecule has 27 heteroatoms. The number of esters is 1. The van der Waals surface area contributed by atoms with Crippen molar-refractivity contribution in [2.24, 2.45) is 5.73 Å². The fraction of sp³-hybridized carbons (Fsp3) is 0.923. The van der Waals surface area contributed by atoms with Crippen LogP contribution in [0.2, 0.25) is 0 Å². The quantitative estimate of drug-likeness (QED) is 0.0965. The van der Waals surface area contributed by atoms with E-state index in [1.165, 1.54) is 0 Å². The summed E-state index contributed by atoms with van der Waals surface area (Å²) < 4.78 is 25.1. The highest BCUT2D eigenvalue weighted by atomic mass is 16.8. The van der Waals surface area contributed by atoms with Gasteiger partial charge in [-0.25, -0.2) is 9.59 Å². The van der Waals surface area contributed by atoms with Crippen molar-refractivity contribution in [1.82, 2.24) is 0 Å². The second-order valence-corrected chi connectivity index (χ2v) is 13.1. The molecule has 0 amide bonds. The summed E-state index contributed by atoms with van der Waals surface area (Å²) >= 11 is 0. The maximum atomic E-state index is 14.1. The van der Waals surface area contributed by atoms with Gasteiger partial charge >= 0.3 is 11.9 Å². The molecule has 4 aliphatic heterocycles. The minimum atomic E-state index is -5.23. The van der Waals surface area contributed by atoms with Crippen LogP contribution < -0.4 is 5.73 Å². The van der Waals surface area contributed by atoms with Crippen molar-refractivity contribution in [3.8, 4) is 0 Å². The number of carbonyl (C=O) groups excluding carboxylic acids is 1. The van der Waals surface area contributed by atoms with E-state index in [1.54, 1.807) is 0 Å². The van der Waals surface area contributed by atoms with Crippen LogP contribution in [0, 0.1) is 0 Å². The molecule has 0 bridgehead atoms. The second-order valence-electron chi connectivity index (χ2n) is 13.1. The minimum Gasteiger partial charge on any atom is -0.480 e. The SMILES string of the molecule is NC(C(=O)O)(C1(O)OC[C@@H](O)[C@H](O)[C@H]1O)C(OC(=O)C1OC(O)C(O)C(O)C1O)(C1(O)OC(CO)C(O)C(O)C1O)C1(O)OC(CO)C(O)C(O)C1O. The topological polar surface area (TPSA) is 491 Å². The lowest BCUT2D eigenvalue weighted by Crippen LogP contribution is -2.98. The molecule has 4 rings (SSSR count). The molecule has 0 aromatic rings. The van der Waals surface area contributed by atoms with E-state index in [1.807, 2.05) is 0 Å². The molecule has 53 heavy (non-hydrogen) atoms. The molecule has 21 N–H and O–H groups in total. The van der Waals surface area contributed by atoms with Crippen LogP contribution in [-0.4, -0.2) is 255 Å². The molecule has 4 heterocycles. The number of carbonyl (C=O) groups is 2. The molecule has 0 saturated carbocycles. The molecule has 0 aromatic carbocycles. The molecule has 0 radical (unpaired) electrons. The van der Waals surface area contributed by atoms with E-state index < -0.39 is 158 Å². The highest BCUT2D eigenvalue weighted by Gasteiger charge is 2.91. The van der Waals surface area contributed by atoms with Crippen molar-refractivity contribution in [2.45, 2.75) is 126 Å². The van der Waals surface area contributed by atoms with Gasteiger partial charge in [0.05, 0.1) is 19.8 Å². The molecular weight excluding hydrogens is 742 g/mol. The Morgan fingerprint density at radius 1 is 0.642 bits per heavy atom. The van der Waals surface area contributed by atoms with Crippen LogP contribution in [0.5, 0.6) is 0 Å². The number of rotatable bonds is 9. The van der Waals surface area contributed by atoms with Crippen molar-refractivity contribution in [2.75, 3.05) is 19.8 Å². The summed E-state index contributed by atoms with van der Waals surface area (Å²) in [6, 6.07) is 0. The Hall–Kier alpha value is -1.98. The number of aliphatic hydroxyl groups excluding tert-OH is 15. The van der Waals surface area contributed by atoms with Crippen LogP contribution in [0.25, 0.3) is 0 Å². The van der Waals surface area contributed by atoms with Gasteiger partial charge in [-0.2, -0.15) is 0 Å². The zero-order chi connectivity index (χ0) is 40.5. The Morgan fingerprint density at radius 3 is 1.49 bits per heavy atom. The highest BCUT2D eigenvalue weighted by Crippen LogP contribution is 2.57. The Labute approximate surface area is 294 Å². The fourth-order valence-electron chi connectivity index (χ4n) is 6.94. The van der Waals surface area contributed by atoms with Gasteiger partial charge in [-0.15, -0.1) is 0 Å². The predicted molar refractivity (Wildman–Crippen MR) is 151 cm³/mol. The Bertz CT molecular complexity index is 1300. The molecule has 17 unspecified atom stereocenters. The monoisotopic (exact) mass is 785 g/mol. The van der Waals surface area contributed by atoms with Gasteiger partial charge in [0.25, 0.3) is 5.60 Å². The molecule has 27 nitrogen and oxygen atoms in total. The van der Waals surface area contributed by atoms with Gasteiger partial charge in [-0.05, 0) is 0 Å². The first kappa shape index (κ1) is 43.7. The average Bonchev–Trinajstić information content (AvgIpc) is 3.12. The molecule has 4 aliphatic rings. The summed E-state index contributed by atoms with van der Waals surface area (Å²) in [5, 5.41) is 206. The average molecular weight is 786 g/mol. The lowest BCUT2D eigenvalue weighted by molar-refractivity contribution is -0.504. The van der Waals surface area contributed by atoms with E-state index >= 15 is 0 Å². The predicted octanol–water partition coefficient (Wildman–Crippen LogP) is -14.0. The normalized spacial score (nSPS) is 51.8. The molecule has 20 atom stereocenters. The first-order chi connectivity index (χ1) is 24.3. The van der Waals surface area contributed by atoms with Gasteiger partial charge in [0.15, 0.2) is 12.4 Å². The summed E-state index contributed by atoms with van der Waals surface area (Å²) in [7, 11) is 0. The minimum absolute atomic E-state index is 1.48. The third kappa shape index (κ3) is 5.97. The first-order valence-electron chi connectivity index (χ1n) is 15.5. The van der Waals surface area contributed by atoms with Crippen molar-refractivity contribution >= 4 is 11.9 Å². The third-order valence-corrected chi connectivity index (χ3v) is 10.1. The number of nitrogens with two attached hydrogens (primary N) is 1. The molecule has 0 spiro atoms. The molecule has 0 aliphatic carbocycles. The third-order valence-electron chi connectivity index (χ3n) is 10.1. The Balaban J connectivity index is 2.24. The number of hydrogen-bond donors (Lipinski definition) is 20. The van der Waals surface area contributed by atoms with Crippen LogP contribution in [0.4, 0.5) is 0 Å². The van der Waals surface area contributed by atoms with Gasteiger partial charge < -0.3 is 126 Å². The Morgan fingerprint density at radius 2 is 1.08 bits per heavy atom. The second kappa shape index (κ2) is 14.8. The highest BCUT2D eigenvalue weighted by molar-refractivity contribution is 5.85. The number of ether oxygens (including phenoxy) is 5. The fourth-order valence-corrected chi connectivity index (χ4v) is 6.94. The van der Waals surface area contributed by atoms with Crippen molar-refractivity contribution in [1.29, 1.82) is 0 Å². The summed E-state index contributed by atoms with van der Waals surface area (Å²) in [6.07, 6.45) is -45.1. The summed E-state index contributed by atoms with van der Waals surface area (Å²) in [5.41, 5.74) is -3.96. The van der Waals surface area contributed by atoms with Gasteiger partial charge in [0.1, 0.15) is 85.5 Å². The van der Waals surface area contributed by atoms with Crippen LogP contribution in [0.15, 0.2) is 0 Å². The first-order valence-corrected chi connectivity index (χ1v) is 15.5. The molecule has 4 fully saturated rings. The van der Waals surface area contributed by atoms with E-state index in [-0.39, 0.29) is 0 Å². The molecule has 4 saturated heterocycles. The van der Waals surface area contributed by atoms with Gasteiger partial charge in [0, 0.05) is 0 Å². The van der Waals surface area contributed by atoms with E-state index in [0.29, 0.717) is 0 Å². The number of carboxylic acids is 1. The molecule has 0 aromatic heterocycles. The lowest BCUT2D eigenvalue weighted by atomic mass is 9.58. The zero-order valence-electron chi connectivity index (χ0n) is 26.8. The van der Waals surface area contributed by atoms with Crippen LogP contribution >= 0.6 is 0 Å². The van der Waals surface area contributed by atoms with Crippen molar-refractivity contribution < 1.29 is 130 Å². The van der Waals surface area contributed by atoms with E-state index in [2.05, 4.69) is 0 Å². The van der Waals surface area contributed by atoms with E-state index in [9.17, 15) is 107 Å². The summed E-state index contributed by atoms with van der Waals surface area (Å²) in [5.74, 6) is -19.8. The zero-order valence-corrected chi connectivity index (χ0v) is 26.8. The molecular formula is C26H43NO26. The van der Waals surface area contributed by atoms with Crippen molar-refractivity contribution in [3.05, 3.63) is 0 Å². The Kier molecular flexibility index (Phi) is 12.2. The maximum Gasteiger partial charge on any atom is 0.339 e. The van der Waals surface area contributed by atoms with Crippen molar-refractivity contribution in [3.63, 3.8) is 0 Å². The van der Waals surface area contributed by atoms with Gasteiger partial charge in [0.2, 0.25) is 22.9 Å². The van der Waals surface area contributed by atoms with Crippen LogP contribution in [0.1, 0.15) is 0 Å². The number of aliphatic carboxylic acids is 1. The largest absolute Gasteiger partial charge is 0.480 e. The van der Waals surface area contributed by atoms with E-state index in [0.717, 1.165) is 0 Å². The summed E-state index contributed by atoms with van der Waals surface area (Å²) in [4.78, 5) is 27.7. The number of aliphatic hydroxyl groups is 18. The molecule has 308 valence electrons. The van der Waals surface area contributed by atoms with E-state index in [4.69, 9.17) is 29.4 Å². The smallest absolute Gasteiger partial charge is 0.339 e. The number of carboxylic acid groups (broad SMARTS) is 1. The lowest BCUT2D eigenvalue weighted by Gasteiger charge is -2.66. The van der Waals surface area contributed by atoms with Gasteiger partial charge in [-0.1, -0.05) is 0 Å².